The number of sulfonamides is 1. The van der Waals surface area contributed by atoms with Crippen molar-refractivity contribution in [3.8, 4) is 0 Å². The Morgan fingerprint density at radius 3 is 2.15 bits per heavy atom. The van der Waals surface area contributed by atoms with E-state index >= 15 is 0 Å². The number of nitrogens with one attached hydrogen (secondary N) is 1. The zero-order chi connectivity index (χ0) is 30.5. The summed E-state index contributed by atoms with van der Waals surface area (Å²) < 4.78 is 28.9. The van der Waals surface area contributed by atoms with Gasteiger partial charge in [-0.3, -0.25) is 13.9 Å². The zero-order valence-electron chi connectivity index (χ0n) is 23.6. The highest BCUT2D eigenvalue weighted by Gasteiger charge is 2.35. The van der Waals surface area contributed by atoms with E-state index in [4.69, 9.17) is 34.8 Å². The molecule has 0 aliphatic carbocycles. The Bertz CT molecular complexity index is 1510. The van der Waals surface area contributed by atoms with Crippen molar-refractivity contribution in [2.24, 2.45) is 0 Å². The predicted molar refractivity (Wildman–Crippen MR) is 166 cm³/mol. The summed E-state index contributed by atoms with van der Waals surface area (Å²) in [5.74, 6) is -0.985. The van der Waals surface area contributed by atoms with E-state index in [-0.39, 0.29) is 39.5 Å². The third-order valence-electron chi connectivity index (χ3n) is 6.25. The number of hydrogen-bond donors (Lipinski definition) is 1. The normalized spacial score (nSPS) is 12.5. The lowest BCUT2D eigenvalue weighted by Gasteiger charge is -2.35. The zero-order valence-corrected chi connectivity index (χ0v) is 26.7. The van der Waals surface area contributed by atoms with Crippen LogP contribution < -0.4 is 9.62 Å². The summed E-state index contributed by atoms with van der Waals surface area (Å²) in [4.78, 5) is 28.9. The van der Waals surface area contributed by atoms with Gasteiger partial charge in [0.05, 0.1) is 15.6 Å². The molecule has 0 unspecified atom stereocenters. The van der Waals surface area contributed by atoms with Crippen LogP contribution in [0, 0.1) is 6.92 Å². The van der Waals surface area contributed by atoms with Gasteiger partial charge in [0, 0.05) is 22.1 Å². The molecule has 0 saturated carbocycles. The van der Waals surface area contributed by atoms with Gasteiger partial charge in [0.15, 0.2) is 0 Å². The van der Waals surface area contributed by atoms with Crippen LogP contribution in [0.2, 0.25) is 15.1 Å². The predicted octanol–water partition coefficient (Wildman–Crippen LogP) is 6.87. The first-order valence-electron chi connectivity index (χ1n) is 13.0. The standard InChI is InChI=1S/C30H34Cl3N3O4S/c1-6-26(29(38)34-30(3,4)5)35(18-21-9-7-8-10-24(21)32)28(37)19-36(27-17-22(31)13-16-25(27)33)41(39,40)23-14-11-20(2)12-15-23/h7-17,26H,6,18-19H2,1-5H3,(H,34,38)/t26-/m0/s1. The summed E-state index contributed by atoms with van der Waals surface area (Å²) in [6.45, 7) is 8.50. The third-order valence-corrected chi connectivity index (χ3v) is 8.94. The number of nitrogens with zero attached hydrogens (tertiary/aromatic N) is 2. The van der Waals surface area contributed by atoms with Gasteiger partial charge >= 0.3 is 0 Å². The van der Waals surface area contributed by atoms with Crippen LogP contribution in [-0.4, -0.2) is 43.3 Å². The van der Waals surface area contributed by atoms with Crippen molar-refractivity contribution >= 4 is 62.3 Å². The maximum absolute atomic E-state index is 14.2. The second-order valence-corrected chi connectivity index (χ2v) is 13.8. The maximum Gasteiger partial charge on any atom is 0.264 e. The molecule has 3 aromatic rings. The van der Waals surface area contributed by atoms with Crippen LogP contribution in [0.3, 0.4) is 0 Å². The van der Waals surface area contributed by atoms with Crippen LogP contribution in [0.15, 0.2) is 71.6 Å². The Kier molecular flexibility index (Phi) is 10.7. The van der Waals surface area contributed by atoms with E-state index in [1.165, 1.54) is 35.2 Å². The summed E-state index contributed by atoms with van der Waals surface area (Å²) in [6, 6.07) is 16.7. The van der Waals surface area contributed by atoms with Gasteiger partial charge in [0.25, 0.3) is 10.0 Å². The first kappa shape index (κ1) is 32.7. The van der Waals surface area contributed by atoms with Gasteiger partial charge < -0.3 is 10.2 Å². The fourth-order valence-corrected chi connectivity index (χ4v) is 6.27. The molecular weight excluding hydrogens is 605 g/mol. The average molecular weight is 639 g/mol. The van der Waals surface area contributed by atoms with E-state index in [2.05, 4.69) is 5.32 Å². The van der Waals surface area contributed by atoms with Gasteiger partial charge in [0.1, 0.15) is 12.6 Å². The number of carbonyl (C=O) groups is 2. The average Bonchev–Trinajstić information content (AvgIpc) is 2.88. The van der Waals surface area contributed by atoms with Gasteiger partial charge in [-0.1, -0.05) is 77.6 Å². The van der Waals surface area contributed by atoms with Crippen LogP contribution in [0.4, 0.5) is 5.69 Å². The fourth-order valence-electron chi connectivity index (χ4n) is 4.21. The van der Waals surface area contributed by atoms with Gasteiger partial charge in [-0.25, -0.2) is 8.42 Å². The van der Waals surface area contributed by atoms with Crippen LogP contribution in [0.1, 0.15) is 45.2 Å². The van der Waals surface area contributed by atoms with Crippen LogP contribution >= 0.6 is 34.8 Å². The SMILES string of the molecule is CC[C@@H](C(=O)NC(C)(C)C)N(Cc1ccccc1Cl)C(=O)CN(c1cc(Cl)ccc1Cl)S(=O)(=O)c1ccc(C)cc1. The number of halogens is 3. The van der Waals surface area contributed by atoms with Crippen molar-refractivity contribution in [2.75, 3.05) is 10.8 Å². The van der Waals surface area contributed by atoms with Gasteiger partial charge in [-0.05, 0) is 76.1 Å². The van der Waals surface area contributed by atoms with E-state index in [9.17, 15) is 18.0 Å². The Morgan fingerprint density at radius 1 is 0.927 bits per heavy atom. The van der Waals surface area contributed by atoms with Gasteiger partial charge in [0.2, 0.25) is 11.8 Å². The van der Waals surface area contributed by atoms with Crippen molar-refractivity contribution in [2.45, 2.75) is 64.1 Å². The van der Waals surface area contributed by atoms with Crippen molar-refractivity contribution < 1.29 is 18.0 Å². The lowest BCUT2D eigenvalue weighted by molar-refractivity contribution is -0.141. The summed E-state index contributed by atoms with van der Waals surface area (Å²) in [7, 11) is -4.29. The Hall–Kier alpha value is -2.78. The first-order chi connectivity index (χ1) is 19.1. The Morgan fingerprint density at radius 2 is 1.56 bits per heavy atom. The third kappa shape index (κ3) is 8.38. The number of hydrogen-bond acceptors (Lipinski definition) is 4. The molecule has 0 bridgehead atoms. The first-order valence-corrected chi connectivity index (χ1v) is 15.6. The van der Waals surface area contributed by atoms with Crippen LogP contribution in [0.5, 0.6) is 0 Å². The lowest BCUT2D eigenvalue weighted by Crippen LogP contribution is -2.55. The van der Waals surface area contributed by atoms with Gasteiger partial charge in [-0.2, -0.15) is 0 Å². The number of aryl methyl sites for hydroxylation is 1. The highest BCUT2D eigenvalue weighted by Crippen LogP contribution is 2.33. The fraction of sp³-hybridized carbons (Fsp3) is 0.333. The molecule has 0 radical (unpaired) electrons. The molecule has 41 heavy (non-hydrogen) atoms. The van der Waals surface area contributed by atoms with Crippen molar-refractivity contribution in [3.05, 3.63) is 92.9 Å². The second kappa shape index (κ2) is 13.5. The lowest BCUT2D eigenvalue weighted by atomic mass is 10.1. The second-order valence-electron chi connectivity index (χ2n) is 10.7. The van der Waals surface area contributed by atoms with E-state index in [1.807, 2.05) is 27.7 Å². The van der Waals surface area contributed by atoms with E-state index in [1.54, 1.807) is 43.3 Å². The molecule has 1 atom stereocenters. The minimum absolute atomic E-state index is 0.0176. The minimum Gasteiger partial charge on any atom is -0.350 e. The highest BCUT2D eigenvalue weighted by molar-refractivity contribution is 7.92. The molecule has 11 heteroatoms. The van der Waals surface area contributed by atoms with Crippen LogP contribution in [0.25, 0.3) is 0 Å². The number of benzene rings is 3. The van der Waals surface area contributed by atoms with E-state index in [0.717, 1.165) is 9.87 Å². The summed E-state index contributed by atoms with van der Waals surface area (Å²) >= 11 is 19.1. The van der Waals surface area contributed by atoms with E-state index in [0.29, 0.717) is 10.6 Å². The summed E-state index contributed by atoms with van der Waals surface area (Å²) in [6.07, 6.45) is 0.279. The molecule has 0 aliphatic rings. The topological polar surface area (TPSA) is 86.8 Å². The molecule has 3 aromatic carbocycles. The monoisotopic (exact) mass is 637 g/mol. The molecule has 7 nitrogen and oxygen atoms in total. The molecule has 0 spiro atoms. The molecular formula is C30H34Cl3N3O4S. The molecule has 0 fully saturated rings. The highest BCUT2D eigenvalue weighted by atomic mass is 35.5. The van der Waals surface area contributed by atoms with Crippen molar-refractivity contribution in [1.29, 1.82) is 0 Å². The molecule has 1 N–H and O–H groups in total. The number of amides is 2. The number of rotatable bonds is 10. The molecule has 0 saturated heterocycles. The largest absolute Gasteiger partial charge is 0.350 e. The maximum atomic E-state index is 14.2. The number of carbonyl (C=O) groups excluding carboxylic acids is 2. The molecule has 0 heterocycles. The molecule has 220 valence electrons. The van der Waals surface area contributed by atoms with Crippen molar-refractivity contribution in [3.63, 3.8) is 0 Å². The molecule has 3 rings (SSSR count). The minimum atomic E-state index is -4.29. The smallest absolute Gasteiger partial charge is 0.264 e. The molecule has 0 aromatic heterocycles. The van der Waals surface area contributed by atoms with E-state index < -0.39 is 34.1 Å². The molecule has 0 aliphatic heterocycles. The number of anilines is 1. The summed E-state index contributed by atoms with van der Waals surface area (Å²) in [5, 5.41) is 3.68. The van der Waals surface area contributed by atoms with Crippen LogP contribution in [-0.2, 0) is 26.2 Å². The quantitative estimate of drug-likeness (QED) is 0.263. The summed E-state index contributed by atoms with van der Waals surface area (Å²) in [5.41, 5.74) is 0.962. The van der Waals surface area contributed by atoms with Gasteiger partial charge in [-0.15, -0.1) is 0 Å². The Balaban J connectivity index is 2.13. The Labute approximate surface area is 257 Å². The van der Waals surface area contributed by atoms with Crippen molar-refractivity contribution in [1.82, 2.24) is 10.2 Å². The molecule has 2 amide bonds.